The second kappa shape index (κ2) is 6.04. The molecule has 0 radical (unpaired) electrons. The van der Waals surface area contributed by atoms with Gasteiger partial charge in [0.1, 0.15) is 0 Å². The molecule has 1 aromatic rings. The van der Waals surface area contributed by atoms with E-state index in [-0.39, 0.29) is 11.9 Å². The Hall–Kier alpha value is -0.830. The van der Waals surface area contributed by atoms with E-state index >= 15 is 0 Å². The first-order valence-corrected chi connectivity index (χ1v) is 6.17. The van der Waals surface area contributed by atoms with Crippen LogP contribution in [-0.4, -0.2) is 13.1 Å². The van der Waals surface area contributed by atoms with Crippen LogP contribution < -0.4 is 0 Å². The van der Waals surface area contributed by atoms with E-state index in [1.54, 1.807) is 0 Å². The molecule has 1 aromatic carbocycles. The maximum atomic E-state index is 11.7. The van der Waals surface area contributed by atoms with Crippen molar-refractivity contribution in [3.63, 3.8) is 0 Å². The molecule has 0 aliphatic carbocycles. The molecule has 3 heteroatoms. The van der Waals surface area contributed by atoms with Crippen LogP contribution in [0.25, 0.3) is 0 Å². The molecule has 16 heavy (non-hydrogen) atoms. The van der Waals surface area contributed by atoms with E-state index in [2.05, 4.69) is 29.8 Å². The predicted molar refractivity (Wildman–Crippen MR) is 68.4 cm³/mol. The van der Waals surface area contributed by atoms with Crippen molar-refractivity contribution < 1.29 is 9.53 Å². The lowest BCUT2D eigenvalue weighted by molar-refractivity contribution is -0.142. The van der Waals surface area contributed by atoms with Crippen LogP contribution in [0.4, 0.5) is 0 Å². The first-order valence-electron chi connectivity index (χ1n) is 5.38. The number of carbonyl (C=O) groups is 1. The third kappa shape index (κ3) is 3.63. The summed E-state index contributed by atoms with van der Waals surface area (Å²) in [5.41, 5.74) is 1.01. The van der Waals surface area contributed by atoms with E-state index in [0.29, 0.717) is 5.92 Å². The van der Waals surface area contributed by atoms with Crippen LogP contribution in [0.1, 0.15) is 31.7 Å². The monoisotopic (exact) mass is 284 g/mol. The van der Waals surface area contributed by atoms with E-state index in [0.717, 1.165) is 16.5 Å². The third-order valence-corrected chi connectivity index (χ3v) is 2.94. The van der Waals surface area contributed by atoms with Gasteiger partial charge < -0.3 is 4.74 Å². The first kappa shape index (κ1) is 13.2. The van der Waals surface area contributed by atoms with Crippen molar-refractivity contribution >= 4 is 21.9 Å². The fourth-order valence-corrected chi connectivity index (χ4v) is 2.12. The summed E-state index contributed by atoms with van der Waals surface area (Å²) in [6.07, 6.45) is 0.809. The molecule has 88 valence electrons. The van der Waals surface area contributed by atoms with E-state index in [1.165, 1.54) is 7.11 Å². The van der Waals surface area contributed by atoms with Gasteiger partial charge in [-0.1, -0.05) is 41.9 Å². The van der Waals surface area contributed by atoms with E-state index in [4.69, 9.17) is 4.74 Å². The summed E-state index contributed by atoms with van der Waals surface area (Å²) in [7, 11) is 1.44. The van der Waals surface area contributed by atoms with Crippen molar-refractivity contribution in [2.75, 3.05) is 7.11 Å². The molecule has 0 aromatic heterocycles. The molecular weight excluding hydrogens is 268 g/mol. The average molecular weight is 285 g/mol. The van der Waals surface area contributed by atoms with Gasteiger partial charge in [0, 0.05) is 4.47 Å². The van der Waals surface area contributed by atoms with Crippen molar-refractivity contribution in [3.8, 4) is 0 Å². The second-order valence-electron chi connectivity index (χ2n) is 4.26. The quantitative estimate of drug-likeness (QED) is 0.787. The molecule has 2 nitrogen and oxygen atoms in total. The van der Waals surface area contributed by atoms with Gasteiger partial charge in [0.05, 0.1) is 13.0 Å². The molecular formula is C13H17BrO2. The summed E-state index contributed by atoms with van der Waals surface area (Å²) in [6.45, 7) is 4.21. The molecule has 0 saturated carbocycles. The molecule has 0 aliphatic rings. The zero-order chi connectivity index (χ0) is 12.1. The summed E-state index contributed by atoms with van der Waals surface area (Å²) in [4.78, 5) is 11.7. The number of ether oxygens (including phenoxy) is 1. The van der Waals surface area contributed by atoms with Crippen molar-refractivity contribution in [2.24, 2.45) is 5.92 Å². The standard InChI is InChI=1S/C13H17BrO2/c1-9(2)7-12(13(15)16-3)10-5-4-6-11(14)8-10/h4-6,8-9,12H,7H2,1-3H3/t12-/m1/s1. The Kier molecular flexibility index (Phi) is 5.00. The lowest BCUT2D eigenvalue weighted by Crippen LogP contribution is -2.16. The molecule has 0 saturated heterocycles. The molecule has 0 aliphatic heterocycles. The number of hydrogen-bond donors (Lipinski definition) is 0. The molecule has 1 atom stereocenters. The summed E-state index contributed by atoms with van der Waals surface area (Å²) >= 11 is 3.42. The van der Waals surface area contributed by atoms with E-state index in [9.17, 15) is 4.79 Å². The van der Waals surface area contributed by atoms with Crippen LogP contribution in [0.3, 0.4) is 0 Å². The maximum absolute atomic E-state index is 11.7. The van der Waals surface area contributed by atoms with Crippen molar-refractivity contribution in [2.45, 2.75) is 26.2 Å². The van der Waals surface area contributed by atoms with Crippen molar-refractivity contribution in [1.29, 1.82) is 0 Å². The van der Waals surface area contributed by atoms with Crippen LogP contribution in [0, 0.1) is 5.92 Å². The van der Waals surface area contributed by atoms with Crippen LogP contribution >= 0.6 is 15.9 Å². The van der Waals surface area contributed by atoms with Gasteiger partial charge in [-0.15, -0.1) is 0 Å². The van der Waals surface area contributed by atoms with E-state index < -0.39 is 0 Å². The fraction of sp³-hybridized carbons (Fsp3) is 0.462. The number of halogens is 1. The fourth-order valence-electron chi connectivity index (χ4n) is 1.71. The molecule has 0 bridgehead atoms. The zero-order valence-electron chi connectivity index (χ0n) is 9.87. The minimum atomic E-state index is -0.164. The topological polar surface area (TPSA) is 26.3 Å². The van der Waals surface area contributed by atoms with Gasteiger partial charge in [-0.25, -0.2) is 0 Å². The van der Waals surface area contributed by atoms with Crippen LogP contribution in [-0.2, 0) is 9.53 Å². The zero-order valence-corrected chi connectivity index (χ0v) is 11.5. The molecule has 0 fully saturated rings. The van der Waals surface area contributed by atoms with Gasteiger partial charge in [-0.2, -0.15) is 0 Å². The van der Waals surface area contributed by atoms with Gasteiger partial charge in [0.25, 0.3) is 0 Å². The molecule has 0 spiro atoms. The highest BCUT2D eigenvalue weighted by Crippen LogP contribution is 2.27. The Balaban J connectivity index is 2.96. The highest BCUT2D eigenvalue weighted by atomic mass is 79.9. The largest absolute Gasteiger partial charge is 0.469 e. The lowest BCUT2D eigenvalue weighted by atomic mass is 9.90. The van der Waals surface area contributed by atoms with E-state index in [1.807, 2.05) is 24.3 Å². The lowest BCUT2D eigenvalue weighted by Gasteiger charge is -2.17. The summed E-state index contributed by atoms with van der Waals surface area (Å²) in [6, 6.07) is 7.83. The Morgan fingerprint density at radius 1 is 1.44 bits per heavy atom. The highest BCUT2D eigenvalue weighted by Gasteiger charge is 2.22. The normalized spacial score (nSPS) is 12.6. The summed E-state index contributed by atoms with van der Waals surface area (Å²) in [5, 5.41) is 0. The first-order chi connectivity index (χ1) is 7.54. The second-order valence-corrected chi connectivity index (χ2v) is 5.18. The summed E-state index contributed by atoms with van der Waals surface area (Å²) in [5.74, 6) is 0.136. The Bertz CT molecular complexity index is 361. The number of benzene rings is 1. The van der Waals surface area contributed by atoms with Gasteiger partial charge >= 0.3 is 5.97 Å². The van der Waals surface area contributed by atoms with Crippen molar-refractivity contribution in [3.05, 3.63) is 34.3 Å². The Morgan fingerprint density at radius 3 is 2.62 bits per heavy atom. The highest BCUT2D eigenvalue weighted by molar-refractivity contribution is 9.10. The number of methoxy groups -OCH3 is 1. The van der Waals surface area contributed by atoms with Gasteiger partial charge in [0.15, 0.2) is 0 Å². The molecule has 1 rings (SSSR count). The molecule has 0 unspecified atom stereocenters. The van der Waals surface area contributed by atoms with Gasteiger partial charge in [-0.05, 0) is 30.0 Å². The van der Waals surface area contributed by atoms with Crippen LogP contribution in [0.2, 0.25) is 0 Å². The minimum absolute atomic E-state index is 0.160. The van der Waals surface area contributed by atoms with Crippen LogP contribution in [0.5, 0.6) is 0 Å². The predicted octanol–water partition coefficient (Wildman–Crippen LogP) is 3.75. The Labute approximate surface area is 105 Å². The number of rotatable bonds is 4. The third-order valence-electron chi connectivity index (χ3n) is 2.44. The Morgan fingerprint density at radius 2 is 2.12 bits per heavy atom. The van der Waals surface area contributed by atoms with Crippen LogP contribution in [0.15, 0.2) is 28.7 Å². The molecule has 0 amide bonds. The minimum Gasteiger partial charge on any atom is -0.469 e. The summed E-state index contributed by atoms with van der Waals surface area (Å²) < 4.78 is 5.84. The maximum Gasteiger partial charge on any atom is 0.313 e. The SMILES string of the molecule is COC(=O)[C@H](CC(C)C)c1cccc(Br)c1. The van der Waals surface area contributed by atoms with Gasteiger partial charge in [-0.3, -0.25) is 4.79 Å². The van der Waals surface area contributed by atoms with Crippen molar-refractivity contribution in [1.82, 2.24) is 0 Å². The van der Waals surface area contributed by atoms with Gasteiger partial charge in [0.2, 0.25) is 0 Å². The average Bonchev–Trinajstić information content (AvgIpc) is 2.24. The molecule has 0 heterocycles. The smallest absolute Gasteiger partial charge is 0.313 e. The molecule has 0 N–H and O–H groups in total. The number of esters is 1. The number of carbonyl (C=O) groups excluding carboxylic acids is 1. The number of hydrogen-bond acceptors (Lipinski definition) is 2.